The highest BCUT2D eigenvalue weighted by atomic mass is 35.5. The first-order valence-corrected chi connectivity index (χ1v) is 3.95. The fourth-order valence-corrected chi connectivity index (χ4v) is 1.33. The van der Waals surface area contributed by atoms with Gasteiger partial charge in [0, 0.05) is 17.8 Å². The summed E-state index contributed by atoms with van der Waals surface area (Å²) >= 11 is 5.04. The number of hydrogen-bond donors (Lipinski definition) is 3. The molecular weight excluding hydrogens is 168 g/mol. The number of halogens is 1. The first-order valence-electron chi connectivity index (χ1n) is 3.57. The Morgan fingerprint density at radius 2 is 2.55 bits per heavy atom. The average Bonchev–Trinajstić information content (AvgIpc) is 2.53. The molecule has 2 unspecified atom stereocenters. The van der Waals surface area contributed by atoms with Crippen molar-refractivity contribution in [2.45, 2.75) is 25.0 Å². The van der Waals surface area contributed by atoms with Gasteiger partial charge in [0.1, 0.15) is 6.10 Å². The van der Waals surface area contributed by atoms with E-state index in [1.165, 1.54) is 0 Å². The van der Waals surface area contributed by atoms with Crippen LogP contribution in [0.3, 0.4) is 0 Å². The van der Waals surface area contributed by atoms with Crippen molar-refractivity contribution in [3.05, 3.63) is 0 Å². The summed E-state index contributed by atoms with van der Waals surface area (Å²) < 4.78 is 0. The number of hydrogen-bond acceptors (Lipinski definition) is 3. The maximum atomic E-state index is 10.8. The number of carbonyl (C=O) groups is 1. The number of carbonyl (C=O) groups excluding carboxylic acids is 1. The highest BCUT2D eigenvalue weighted by Gasteiger charge is 2.27. The number of aliphatic hydroxyl groups is 1. The van der Waals surface area contributed by atoms with Crippen LogP contribution in [0, 0.1) is 0 Å². The van der Waals surface area contributed by atoms with E-state index in [4.69, 9.17) is 11.8 Å². The summed E-state index contributed by atoms with van der Waals surface area (Å²) in [6, 6.07) is -0.131. The third-order valence-corrected chi connectivity index (χ3v) is 2.03. The molecule has 1 aliphatic heterocycles. The molecule has 0 spiro atoms. The van der Waals surface area contributed by atoms with Gasteiger partial charge in [0.25, 0.3) is 5.91 Å². The van der Waals surface area contributed by atoms with E-state index in [2.05, 4.69) is 5.32 Å². The molecule has 0 aliphatic carbocycles. The standard InChI is InChI=1S/C6H11ClN2O2/c7-9-6(11)5(10)4-2-1-3-8-4/h4-5,8,10H,1-3H2,(H,9,11). The molecule has 0 aromatic carbocycles. The van der Waals surface area contributed by atoms with Crippen LogP contribution >= 0.6 is 11.8 Å². The van der Waals surface area contributed by atoms with Crippen LogP contribution in [0.4, 0.5) is 0 Å². The molecule has 1 rings (SSSR count). The van der Waals surface area contributed by atoms with Crippen molar-refractivity contribution in [2.75, 3.05) is 6.54 Å². The Morgan fingerprint density at radius 3 is 3.00 bits per heavy atom. The summed E-state index contributed by atoms with van der Waals surface area (Å²) in [5, 5.41) is 12.3. The molecule has 5 heteroatoms. The Balaban J connectivity index is 2.39. The normalized spacial score (nSPS) is 26.5. The Morgan fingerprint density at radius 1 is 1.82 bits per heavy atom. The number of amides is 1. The Hall–Kier alpha value is -0.320. The van der Waals surface area contributed by atoms with E-state index in [9.17, 15) is 9.90 Å². The van der Waals surface area contributed by atoms with Gasteiger partial charge in [0.15, 0.2) is 0 Å². The number of aliphatic hydroxyl groups excluding tert-OH is 1. The highest BCUT2D eigenvalue weighted by molar-refractivity contribution is 6.22. The minimum Gasteiger partial charge on any atom is -0.382 e. The zero-order chi connectivity index (χ0) is 8.27. The van der Waals surface area contributed by atoms with E-state index in [-0.39, 0.29) is 6.04 Å². The van der Waals surface area contributed by atoms with Crippen LogP contribution in [-0.2, 0) is 4.79 Å². The summed E-state index contributed by atoms with van der Waals surface area (Å²) in [6.45, 7) is 0.858. The molecule has 2 atom stereocenters. The predicted molar refractivity (Wildman–Crippen MR) is 41.0 cm³/mol. The second kappa shape index (κ2) is 3.90. The van der Waals surface area contributed by atoms with Crippen molar-refractivity contribution in [3.63, 3.8) is 0 Å². The maximum Gasteiger partial charge on any atom is 0.264 e. The van der Waals surface area contributed by atoms with E-state index in [0.717, 1.165) is 19.4 Å². The lowest BCUT2D eigenvalue weighted by molar-refractivity contribution is -0.128. The molecule has 1 amide bonds. The van der Waals surface area contributed by atoms with E-state index in [1.807, 2.05) is 4.84 Å². The SMILES string of the molecule is O=C(NCl)C(O)C1CCCN1. The van der Waals surface area contributed by atoms with Gasteiger partial charge >= 0.3 is 0 Å². The molecule has 1 aliphatic rings. The van der Waals surface area contributed by atoms with Gasteiger partial charge < -0.3 is 10.4 Å². The van der Waals surface area contributed by atoms with Gasteiger partial charge in [-0.25, -0.2) is 0 Å². The van der Waals surface area contributed by atoms with Crippen molar-refractivity contribution in [1.82, 2.24) is 10.2 Å². The molecule has 0 aromatic rings. The fraction of sp³-hybridized carbons (Fsp3) is 0.833. The van der Waals surface area contributed by atoms with E-state index in [0.29, 0.717) is 0 Å². The molecule has 1 heterocycles. The molecule has 1 saturated heterocycles. The summed E-state index contributed by atoms with van der Waals surface area (Å²) in [5.41, 5.74) is 0. The molecule has 0 aromatic heterocycles. The molecular formula is C6H11ClN2O2. The van der Waals surface area contributed by atoms with E-state index >= 15 is 0 Å². The van der Waals surface area contributed by atoms with Crippen molar-refractivity contribution in [3.8, 4) is 0 Å². The second-order valence-corrected chi connectivity index (χ2v) is 2.80. The second-order valence-electron chi connectivity index (χ2n) is 2.61. The van der Waals surface area contributed by atoms with Gasteiger partial charge in [-0.05, 0) is 19.4 Å². The Kier molecular flexibility index (Phi) is 3.11. The third kappa shape index (κ3) is 2.05. The largest absolute Gasteiger partial charge is 0.382 e. The van der Waals surface area contributed by atoms with Crippen molar-refractivity contribution < 1.29 is 9.90 Å². The summed E-state index contributed by atoms with van der Waals surface area (Å²) in [7, 11) is 0. The number of rotatable bonds is 2. The first kappa shape index (κ1) is 8.77. The van der Waals surface area contributed by atoms with Crippen LogP contribution in [0.5, 0.6) is 0 Å². The lowest BCUT2D eigenvalue weighted by Crippen LogP contribution is -2.43. The summed E-state index contributed by atoms with van der Waals surface area (Å²) in [6.07, 6.45) is 0.804. The maximum absolute atomic E-state index is 10.8. The van der Waals surface area contributed by atoms with Gasteiger partial charge in [0.05, 0.1) is 0 Å². The fourth-order valence-electron chi connectivity index (χ4n) is 1.22. The lowest BCUT2D eigenvalue weighted by Gasteiger charge is -2.15. The third-order valence-electron chi connectivity index (χ3n) is 1.84. The molecule has 64 valence electrons. The zero-order valence-electron chi connectivity index (χ0n) is 6.01. The van der Waals surface area contributed by atoms with Crippen LogP contribution in [0.1, 0.15) is 12.8 Å². The quantitative estimate of drug-likeness (QED) is 0.494. The van der Waals surface area contributed by atoms with Crippen LogP contribution in [0.2, 0.25) is 0 Å². The van der Waals surface area contributed by atoms with Crippen LogP contribution < -0.4 is 10.2 Å². The Bertz CT molecular complexity index is 148. The monoisotopic (exact) mass is 178 g/mol. The van der Waals surface area contributed by atoms with Crippen molar-refractivity contribution >= 4 is 17.7 Å². The van der Waals surface area contributed by atoms with Gasteiger partial charge in [-0.1, -0.05) is 0 Å². The Labute approximate surface area is 70.0 Å². The lowest BCUT2D eigenvalue weighted by atomic mass is 10.1. The molecule has 4 nitrogen and oxygen atoms in total. The highest BCUT2D eigenvalue weighted by Crippen LogP contribution is 2.09. The molecule has 11 heavy (non-hydrogen) atoms. The topological polar surface area (TPSA) is 61.4 Å². The van der Waals surface area contributed by atoms with Crippen LogP contribution in [0.25, 0.3) is 0 Å². The average molecular weight is 179 g/mol. The zero-order valence-corrected chi connectivity index (χ0v) is 6.77. The number of nitrogens with one attached hydrogen (secondary N) is 2. The molecule has 0 bridgehead atoms. The van der Waals surface area contributed by atoms with Gasteiger partial charge in [-0.15, -0.1) is 0 Å². The van der Waals surface area contributed by atoms with E-state index in [1.54, 1.807) is 0 Å². The van der Waals surface area contributed by atoms with Gasteiger partial charge in [-0.2, -0.15) is 0 Å². The minimum absolute atomic E-state index is 0.131. The molecule has 1 fully saturated rings. The first-order chi connectivity index (χ1) is 5.25. The predicted octanol–water partition coefficient (Wildman–Crippen LogP) is -0.631. The van der Waals surface area contributed by atoms with Gasteiger partial charge in [-0.3, -0.25) is 9.63 Å². The minimum atomic E-state index is -1.02. The van der Waals surface area contributed by atoms with Crippen LogP contribution in [-0.4, -0.2) is 29.7 Å². The van der Waals surface area contributed by atoms with Crippen molar-refractivity contribution in [1.29, 1.82) is 0 Å². The van der Waals surface area contributed by atoms with Gasteiger partial charge in [0.2, 0.25) is 0 Å². The summed E-state index contributed by atoms with van der Waals surface area (Å²) in [4.78, 5) is 12.7. The molecule has 3 N–H and O–H groups in total. The van der Waals surface area contributed by atoms with Crippen LogP contribution in [0.15, 0.2) is 0 Å². The van der Waals surface area contributed by atoms with Crippen molar-refractivity contribution in [2.24, 2.45) is 0 Å². The molecule has 0 saturated carbocycles. The smallest absolute Gasteiger partial charge is 0.264 e. The van der Waals surface area contributed by atoms with E-state index < -0.39 is 12.0 Å². The molecule has 0 radical (unpaired) electrons. The summed E-state index contributed by atoms with van der Waals surface area (Å²) in [5.74, 6) is -0.536.